The largest absolute Gasteiger partial charge is 0.466 e. The molecule has 1 aromatic carbocycles. The Morgan fingerprint density at radius 3 is 2.59 bits per heavy atom. The number of pyridine rings is 1. The summed E-state index contributed by atoms with van der Waals surface area (Å²) in [7, 11) is 0. The predicted octanol–water partition coefficient (Wildman–Crippen LogP) is 5.50. The molecule has 0 unspecified atom stereocenters. The normalized spacial score (nSPS) is 14.8. The summed E-state index contributed by atoms with van der Waals surface area (Å²) in [5, 5.41) is 0. The number of likely N-dealkylation sites (tertiary alicyclic amines) is 1. The Bertz CT molecular complexity index is 1250. The van der Waals surface area contributed by atoms with E-state index in [4.69, 9.17) is 11.3 Å². The van der Waals surface area contributed by atoms with Crippen molar-refractivity contribution in [3.8, 4) is 5.69 Å². The molecule has 1 saturated heterocycles. The molecule has 34 heavy (non-hydrogen) atoms. The molecule has 7 nitrogen and oxygen atoms in total. The number of benzene rings is 1. The Balaban J connectivity index is 1.56. The third-order valence-electron chi connectivity index (χ3n) is 6.36. The summed E-state index contributed by atoms with van der Waals surface area (Å²) in [6, 6.07) is 9.31. The van der Waals surface area contributed by atoms with Crippen molar-refractivity contribution in [1.29, 1.82) is 0 Å². The lowest BCUT2D eigenvalue weighted by atomic mass is 9.93. The lowest BCUT2D eigenvalue weighted by molar-refractivity contribution is -0.144. The van der Waals surface area contributed by atoms with Gasteiger partial charge in [0, 0.05) is 28.5 Å². The average Bonchev–Trinajstić information content (AvgIpc) is 3.11. The average molecular weight is 523 g/mol. The van der Waals surface area contributed by atoms with Crippen molar-refractivity contribution >= 4 is 44.4 Å². The van der Waals surface area contributed by atoms with Gasteiger partial charge >= 0.3 is 5.97 Å². The molecule has 0 spiro atoms. The Kier molecular flexibility index (Phi) is 7.44. The van der Waals surface area contributed by atoms with Crippen molar-refractivity contribution < 1.29 is 14.3 Å². The number of aromatic nitrogens is 2. The quantitative estimate of drug-likeness (QED) is 0.233. The topological polar surface area (TPSA) is 68.8 Å². The fourth-order valence-electron chi connectivity index (χ4n) is 4.68. The van der Waals surface area contributed by atoms with Crippen LogP contribution in [0.5, 0.6) is 0 Å². The summed E-state index contributed by atoms with van der Waals surface area (Å²) in [4.78, 5) is 35.5. The number of piperidine rings is 1. The number of rotatable bonds is 7. The Labute approximate surface area is 207 Å². The van der Waals surface area contributed by atoms with Crippen LogP contribution in [-0.4, -0.2) is 52.4 Å². The van der Waals surface area contributed by atoms with Crippen molar-refractivity contribution in [3.63, 3.8) is 0 Å². The van der Waals surface area contributed by atoms with E-state index < -0.39 is 0 Å². The van der Waals surface area contributed by atoms with Crippen LogP contribution in [0, 0.1) is 19.4 Å². The first kappa shape index (κ1) is 24.1. The van der Waals surface area contributed by atoms with Crippen molar-refractivity contribution in [3.05, 3.63) is 63.7 Å². The van der Waals surface area contributed by atoms with E-state index >= 15 is 0 Å². The minimum atomic E-state index is -0.137. The number of carbonyl (C=O) groups excluding carboxylic acids is 2. The van der Waals surface area contributed by atoms with Gasteiger partial charge < -0.3 is 9.30 Å². The maximum absolute atomic E-state index is 13.5. The van der Waals surface area contributed by atoms with Gasteiger partial charge in [0.15, 0.2) is 11.5 Å². The molecule has 2 aromatic heterocycles. The Morgan fingerprint density at radius 2 is 1.94 bits per heavy atom. The minimum Gasteiger partial charge on any atom is -0.466 e. The molecule has 0 N–H and O–H groups in total. The number of hydrogen-bond donors (Lipinski definition) is 0. The molecule has 0 saturated carbocycles. The van der Waals surface area contributed by atoms with Gasteiger partial charge in [0.1, 0.15) is 0 Å². The van der Waals surface area contributed by atoms with Crippen LogP contribution in [0.1, 0.15) is 42.2 Å². The van der Waals surface area contributed by atoms with E-state index in [9.17, 15) is 9.59 Å². The Hall–Kier alpha value is -3.02. The van der Waals surface area contributed by atoms with Gasteiger partial charge in [0.25, 0.3) is 0 Å². The highest BCUT2D eigenvalue weighted by Gasteiger charge is 2.27. The second kappa shape index (κ2) is 10.5. The zero-order valence-electron chi connectivity index (χ0n) is 19.4. The van der Waals surface area contributed by atoms with Crippen LogP contribution < -0.4 is 0 Å². The first-order chi connectivity index (χ1) is 16.4. The molecule has 0 aliphatic carbocycles. The van der Waals surface area contributed by atoms with Crippen LogP contribution >= 0.6 is 15.9 Å². The summed E-state index contributed by atoms with van der Waals surface area (Å²) in [6.07, 6.45) is 3.93. The van der Waals surface area contributed by atoms with E-state index in [1.165, 1.54) is 0 Å². The summed E-state index contributed by atoms with van der Waals surface area (Å²) in [5.41, 5.74) is 4.44. The van der Waals surface area contributed by atoms with Crippen molar-refractivity contribution in [1.82, 2.24) is 14.5 Å². The summed E-state index contributed by atoms with van der Waals surface area (Å²) in [6.45, 7) is 13.3. The fourth-order valence-corrected chi connectivity index (χ4v) is 5.00. The van der Waals surface area contributed by atoms with E-state index in [0.717, 1.165) is 47.3 Å². The van der Waals surface area contributed by atoms with Crippen LogP contribution in [0.3, 0.4) is 0 Å². The summed E-state index contributed by atoms with van der Waals surface area (Å²) < 4.78 is 7.93. The number of carbonyl (C=O) groups is 2. The van der Waals surface area contributed by atoms with Crippen LogP contribution in [0.25, 0.3) is 21.6 Å². The van der Waals surface area contributed by atoms with Crippen LogP contribution in [0.4, 0.5) is 5.69 Å². The number of fused-ring (bicyclic) bond motifs is 1. The molecule has 1 fully saturated rings. The highest BCUT2D eigenvalue weighted by Crippen LogP contribution is 2.31. The molecule has 176 valence electrons. The van der Waals surface area contributed by atoms with Gasteiger partial charge in [-0.1, -0.05) is 12.1 Å². The third-order valence-corrected chi connectivity index (χ3v) is 6.79. The minimum absolute atomic E-state index is 0.0395. The molecule has 8 heteroatoms. The van der Waals surface area contributed by atoms with Crippen molar-refractivity contribution in [2.24, 2.45) is 5.92 Å². The first-order valence-electron chi connectivity index (χ1n) is 11.5. The maximum atomic E-state index is 13.5. The van der Waals surface area contributed by atoms with Gasteiger partial charge in [-0.3, -0.25) is 19.5 Å². The highest BCUT2D eigenvalue weighted by molar-refractivity contribution is 9.10. The number of esters is 1. The molecular weight excluding hydrogens is 496 g/mol. The molecule has 3 aromatic rings. The van der Waals surface area contributed by atoms with Crippen LogP contribution in [0.2, 0.25) is 0 Å². The lowest BCUT2D eigenvalue weighted by Crippen LogP contribution is -2.38. The van der Waals surface area contributed by atoms with E-state index in [1.54, 1.807) is 18.3 Å². The number of ether oxygens (including phenoxy) is 1. The highest BCUT2D eigenvalue weighted by atomic mass is 79.9. The predicted molar refractivity (Wildman–Crippen MR) is 135 cm³/mol. The number of ketones is 1. The molecule has 0 radical (unpaired) electrons. The molecule has 1 aliphatic rings. The van der Waals surface area contributed by atoms with Gasteiger partial charge in [-0.05, 0) is 79.8 Å². The van der Waals surface area contributed by atoms with Crippen molar-refractivity contribution in [2.45, 2.75) is 33.1 Å². The van der Waals surface area contributed by atoms with Crippen molar-refractivity contribution in [2.75, 3.05) is 26.2 Å². The second-order valence-corrected chi connectivity index (χ2v) is 9.51. The van der Waals surface area contributed by atoms with Gasteiger partial charge in [-0.15, -0.1) is 0 Å². The maximum Gasteiger partial charge on any atom is 0.306 e. The van der Waals surface area contributed by atoms with E-state index in [1.807, 2.05) is 36.6 Å². The lowest BCUT2D eigenvalue weighted by Gasteiger charge is -2.31. The van der Waals surface area contributed by atoms with Crippen LogP contribution in [0.15, 0.2) is 41.0 Å². The second-order valence-electron chi connectivity index (χ2n) is 8.60. The van der Waals surface area contributed by atoms with Gasteiger partial charge in [0.05, 0.1) is 36.3 Å². The van der Waals surface area contributed by atoms with E-state index in [-0.39, 0.29) is 11.8 Å². The van der Waals surface area contributed by atoms with Gasteiger partial charge in [-0.2, -0.15) is 0 Å². The van der Waals surface area contributed by atoms with E-state index in [2.05, 4.69) is 30.7 Å². The monoisotopic (exact) mass is 522 g/mol. The SMILES string of the molecule is [C-]#[N+]c1ccc(-n2c(C)c(C(=O)CN3CCC(CC(=O)OCC)CC3)c3ncc(Br)cc32)cc1. The number of halogens is 1. The zero-order valence-corrected chi connectivity index (χ0v) is 21.0. The number of hydrogen-bond acceptors (Lipinski definition) is 5. The molecule has 0 amide bonds. The first-order valence-corrected chi connectivity index (χ1v) is 12.3. The molecule has 1 aliphatic heterocycles. The van der Waals surface area contributed by atoms with E-state index in [0.29, 0.717) is 42.3 Å². The van der Waals surface area contributed by atoms with Gasteiger partial charge in [-0.25, -0.2) is 4.85 Å². The Morgan fingerprint density at radius 1 is 1.24 bits per heavy atom. The molecule has 4 rings (SSSR count). The van der Waals surface area contributed by atoms with Gasteiger partial charge in [0.2, 0.25) is 0 Å². The third kappa shape index (κ3) is 5.06. The fraction of sp³-hybridized carbons (Fsp3) is 0.385. The molecular formula is C26H27BrN4O3. The van der Waals surface area contributed by atoms with Crippen LogP contribution in [-0.2, 0) is 9.53 Å². The number of Topliss-reactive ketones (excluding diaryl/α,β-unsaturated/α-hetero) is 1. The molecule has 3 heterocycles. The summed E-state index contributed by atoms with van der Waals surface area (Å²) >= 11 is 3.50. The standard InChI is InChI=1S/C26H27BrN4O3/c1-4-34-24(33)13-18-9-11-30(12-10-18)16-23(32)25-17(2)31(21-7-5-20(28-3)6-8-21)22-14-19(27)15-29-26(22)25/h5-8,14-15,18H,4,9-13,16H2,1-2H3. The summed E-state index contributed by atoms with van der Waals surface area (Å²) in [5.74, 6) is 0.214. The zero-order chi connectivity index (χ0) is 24.2. The molecule has 0 atom stereocenters. The molecule has 0 bridgehead atoms. The number of nitrogens with zero attached hydrogens (tertiary/aromatic N) is 4. The smallest absolute Gasteiger partial charge is 0.306 e.